The maximum Gasteiger partial charge on any atom is 0.240 e. The average molecular weight is 297 g/mol. The number of nitrogen functional groups attached to an aromatic ring is 1. The Morgan fingerprint density at radius 2 is 2.10 bits per heavy atom. The van der Waals surface area contributed by atoms with Crippen LogP contribution in [0, 0.1) is 6.92 Å². The molecule has 1 aromatic rings. The first-order valence-corrected chi connectivity index (χ1v) is 8.52. The minimum atomic E-state index is -3.45. The number of nitrogens with zero attached hydrogens (tertiary/aromatic N) is 1. The van der Waals surface area contributed by atoms with Gasteiger partial charge in [-0.25, -0.2) is 13.1 Å². The Morgan fingerprint density at radius 3 is 2.65 bits per heavy atom. The molecule has 1 saturated carbocycles. The number of sulfonamides is 1. The van der Waals surface area contributed by atoms with E-state index < -0.39 is 10.0 Å². The van der Waals surface area contributed by atoms with Crippen LogP contribution in [0.1, 0.15) is 25.3 Å². The second-order valence-corrected chi connectivity index (χ2v) is 7.02. The second kappa shape index (κ2) is 6.11. The van der Waals surface area contributed by atoms with Crippen LogP contribution in [0.3, 0.4) is 0 Å². The van der Waals surface area contributed by atoms with Gasteiger partial charge in [-0.3, -0.25) is 4.90 Å². The molecule has 0 bridgehead atoms. The van der Waals surface area contributed by atoms with Crippen LogP contribution in [0.4, 0.5) is 5.69 Å². The number of likely N-dealkylation sites (N-methyl/N-ethyl adjacent to an activating group) is 1. The first-order valence-electron chi connectivity index (χ1n) is 7.04. The smallest absolute Gasteiger partial charge is 0.240 e. The number of hydrogen-bond acceptors (Lipinski definition) is 4. The van der Waals surface area contributed by atoms with E-state index in [2.05, 4.69) is 16.5 Å². The summed E-state index contributed by atoms with van der Waals surface area (Å²) >= 11 is 0. The molecule has 5 nitrogen and oxygen atoms in total. The van der Waals surface area contributed by atoms with Gasteiger partial charge in [-0.1, -0.05) is 6.92 Å². The summed E-state index contributed by atoms with van der Waals surface area (Å²) in [6.07, 6.45) is 2.47. The number of hydrogen-bond donors (Lipinski definition) is 2. The van der Waals surface area contributed by atoms with E-state index in [1.165, 1.54) is 12.8 Å². The Kier molecular flexibility index (Phi) is 4.67. The fourth-order valence-electron chi connectivity index (χ4n) is 2.41. The molecule has 0 aromatic heterocycles. The summed E-state index contributed by atoms with van der Waals surface area (Å²) in [5.41, 5.74) is 6.90. The van der Waals surface area contributed by atoms with Crippen molar-refractivity contribution in [3.05, 3.63) is 23.8 Å². The molecule has 6 heteroatoms. The predicted molar refractivity (Wildman–Crippen MR) is 81.0 cm³/mol. The monoisotopic (exact) mass is 297 g/mol. The van der Waals surface area contributed by atoms with Gasteiger partial charge >= 0.3 is 0 Å². The van der Waals surface area contributed by atoms with E-state index in [0.29, 0.717) is 28.7 Å². The van der Waals surface area contributed by atoms with Crippen molar-refractivity contribution in [3.63, 3.8) is 0 Å². The zero-order valence-corrected chi connectivity index (χ0v) is 12.9. The van der Waals surface area contributed by atoms with E-state index in [1.807, 2.05) is 0 Å². The molecule has 1 aliphatic carbocycles. The van der Waals surface area contributed by atoms with Crippen LogP contribution in [0.15, 0.2) is 23.1 Å². The summed E-state index contributed by atoms with van der Waals surface area (Å²) in [6.45, 7) is 6.03. The molecule has 0 saturated heterocycles. The highest BCUT2D eigenvalue weighted by Crippen LogP contribution is 2.26. The average Bonchev–Trinajstić information content (AvgIpc) is 3.18. The molecule has 0 atom stereocenters. The molecule has 0 amide bonds. The van der Waals surface area contributed by atoms with Crippen molar-refractivity contribution in [2.24, 2.45) is 0 Å². The SMILES string of the molecule is CCN(CCNS(=O)(=O)c1ccc(N)cc1C)C1CC1. The summed E-state index contributed by atoms with van der Waals surface area (Å²) < 4.78 is 27.2. The van der Waals surface area contributed by atoms with Crippen molar-refractivity contribution in [1.82, 2.24) is 9.62 Å². The van der Waals surface area contributed by atoms with Gasteiger partial charge in [0.25, 0.3) is 0 Å². The highest BCUT2D eigenvalue weighted by atomic mass is 32.2. The molecule has 0 aliphatic heterocycles. The Bertz CT molecular complexity index is 568. The van der Waals surface area contributed by atoms with Crippen molar-refractivity contribution < 1.29 is 8.42 Å². The van der Waals surface area contributed by atoms with Gasteiger partial charge in [0.15, 0.2) is 0 Å². The van der Waals surface area contributed by atoms with Crippen molar-refractivity contribution in [1.29, 1.82) is 0 Å². The summed E-state index contributed by atoms with van der Waals surface area (Å²) in [5, 5.41) is 0. The summed E-state index contributed by atoms with van der Waals surface area (Å²) in [7, 11) is -3.45. The molecule has 3 N–H and O–H groups in total. The lowest BCUT2D eigenvalue weighted by atomic mass is 10.2. The molecule has 1 fully saturated rings. The highest BCUT2D eigenvalue weighted by molar-refractivity contribution is 7.89. The van der Waals surface area contributed by atoms with Crippen LogP contribution in [0.5, 0.6) is 0 Å². The van der Waals surface area contributed by atoms with Crippen LogP contribution < -0.4 is 10.5 Å². The van der Waals surface area contributed by atoms with Gasteiger partial charge in [-0.05, 0) is 50.1 Å². The number of nitrogens with two attached hydrogens (primary N) is 1. The summed E-state index contributed by atoms with van der Waals surface area (Å²) in [4.78, 5) is 2.62. The van der Waals surface area contributed by atoms with E-state index in [-0.39, 0.29) is 0 Å². The number of aryl methyl sites for hydroxylation is 1. The molecule has 0 heterocycles. The molecule has 1 aliphatic rings. The topological polar surface area (TPSA) is 75.4 Å². The van der Waals surface area contributed by atoms with Crippen LogP contribution in [0.2, 0.25) is 0 Å². The van der Waals surface area contributed by atoms with Crippen molar-refractivity contribution >= 4 is 15.7 Å². The van der Waals surface area contributed by atoms with Crippen LogP contribution in [-0.2, 0) is 10.0 Å². The fraction of sp³-hybridized carbons (Fsp3) is 0.571. The van der Waals surface area contributed by atoms with Gasteiger partial charge in [0.1, 0.15) is 0 Å². The van der Waals surface area contributed by atoms with Gasteiger partial charge in [-0.15, -0.1) is 0 Å². The quantitative estimate of drug-likeness (QED) is 0.745. The third kappa shape index (κ3) is 3.71. The normalized spacial score (nSPS) is 15.8. The predicted octanol–water partition coefficient (Wildman–Crippen LogP) is 1.34. The van der Waals surface area contributed by atoms with Crippen molar-refractivity contribution in [2.45, 2.75) is 37.6 Å². The summed E-state index contributed by atoms with van der Waals surface area (Å²) in [5.74, 6) is 0. The molecule has 1 aromatic carbocycles. The minimum Gasteiger partial charge on any atom is -0.399 e. The zero-order valence-electron chi connectivity index (χ0n) is 12.1. The first-order chi connectivity index (χ1) is 9.44. The van der Waals surface area contributed by atoms with Gasteiger partial charge in [0, 0.05) is 24.8 Å². The van der Waals surface area contributed by atoms with E-state index in [4.69, 9.17) is 5.73 Å². The van der Waals surface area contributed by atoms with Crippen molar-refractivity contribution in [2.75, 3.05) is 25.4 Å². The first kappa shape index (κ1) is 15.3. The zero-order chi connectivity index (χ0) is 14.8. The molecule has 112 valence electrons. The highest BCUT2D eigenvalue weighted by Gasteiger charge is 2.27. The lowest BCUT2D eigenvalue weighted by Crippen LogP contribution is -2.36. The van der Waals surface area contributed by atoms with Gasteiger partial charge in [0.05, 0.1) is 4.90 Å². The largest absolute Gasteiger partial charge is 0.399 e. The lowest BCUT2D eigenvalue weighted by Gasteiger charge is -2.20. The fourth-order valence-corrected chi connectivity index (χ4v) is 3.66. The third-order valence-electron chi connectivity index (χ3n) is 3.65. The molecule has 0 unspecified atom stereocenters. The van der Waals surface area contributed by atoms with Gasteiger partial charge in [-0.2, -0.15) is 0 Å². The molecular formula is C14H23N3O2S. The number of anilines is 1. The van der Waals surface area contributed by atoms with Crippen molar-refractivity contribution in [3.8, 4) is 0 Å². The van der Waals surface area contributed by atoms with E-state index in [1.54, 1.807) is 25.1 Å². The van der Waals surface area contributed by atoms with Gasteiger partial charge in [0.2, 0.25) is 10.0 Å². The molecular weight excluding hydrogens is 274 g/mol. The Balaban J connectivity index is 1.96. The van der Waals surface area contributed by atoms with Crippen LogP contribution in [0.25, 0.3) is 0 Å². The molecule has 0 radical (unpaired) electrons. The van der Waals surface area contributed by atoms with E-state index in [0.717, 1.165) is 13.1 Å². The second-order valence-electron chi connectivity index (χ2n) is 5.28. The third-order valence-corrected chi connectivity index (χ3v) is 5.27. The van der Waals surface area contributed by atoms with Crippen LogP contribution in [-0.4, -0.2) is 39.0 Å². The van der Waals surface area contributed by atoms with Crippen LogP contribution >= 0.6 is 0 Å². The number of rotatable bonds is 7. The van der Waals surface area contributed by atoms with E-state index >= 15 is 0 Å². The Labute approximate surface area is 121 Å². The number of nitrogens with one attached hydrogen (secondary N) is 1. The molecule has 2 rings (SSSR count). The Morgan fingerprint density at radius 1 is 1.40 bits per heavy atom. The Hall–Kier alpha value is -1.11. The summed E-state index contributed by atoms with van der Waals surface area (Å²) in [6, 6.07) is 5.51. The maximum atomic E-state index is 12.2. The number of benzene rings is 1. The standard InChI is InChI=1S/C14H23N3O2S/c1-3-17(13-5-6-13)9-8-16-20(18,19)14-7-4-12(15)10-11(14)2/h4,7,10,13,16H,3,5-6,8-9,15H2,1-2H3. The lowest BCUT2D eigenvalue weighted by molar-refractivity contribution is 0.282. The molecule has 0 spiro atoms. The molecule has 20 heavy (non-hydrogen) atoms. The maximum absolute atomic E-state index is 12.2. The minimum absolute atomic E-state index is 0.307. The van der Waals surface area contributed by atoms with E-state index in [9.17, 15) is 8.42 Å². The van der Waals surface area contributed by atoms with Gasteiger partial charge < -0.3 is 5.73 Å².